The molecule has 0 aliphatic heterocycles. The van der Waals surface area contributed by atoms with E-state index in [1.54, 1.807) is 0 Å². The summed E-state index contributed by atoms with van der Waals surface area (Å²) in [4.78, 5) is 4.27. The molecular weight excluding hydrogens is 222 g/mol. The SMILES string of the molecule is N#CCc1ccc(NCCc2ccccn2)cc1. The predicted molar refractivity (Wildman–Crippen MR) is 72.2 cm³/mol. The Balaban J connectivity index is 1.82. The number of rotatable bonds is 5. The molecule has 90 valence electrons. The monoisotopic (exact) mass is 237 g/mol. The van der Waals surface area contributed by atoms with Crippen LogP contribution >= 0.6 is 0 Å². The lowest BCUT2D eigenvalue weighted by Gasteiger charge is -2.06. The van der Waals surface area contributed by atoms with Crippen LogP contribution in [0.5, 0.6) is 0 Å². The van der Waals surface area contributed by atoms with E-state index in [0.29, 0.717) is 6.42 Å². The summed E-state index contributed by atoms with van der Waals surface area (Å²) >= 11 is 0. The summed E-state index contributed by atoms with van der Waals surface area (Å²) < 4.78 is 0. The first-order valence-corrected chi connectivity index (χ1v) is 5.98. The number of anilines is 1. The van der Waals surface area contributed by atoms with Crippen molar-refractivity contribution in [2.75, 3.05) is 11.9 Å². The van der Waals surface area contributed by atoms with Crippen molar-refractivity contribution in [2.24, 2.45) is 0 Å². The van der Waals surface area contributed by atoms with Crippen LogP contribution in [0.4, 0.5) is 5.69 Å². The van der Waals surface area contributed by atoms with Gasteiger partial charge in [0.05, 0.1) is 12.5 Å². The molecule has 1 aromatic carbocycles. The number of hydrogen-bond donors (Lipinski definition) is 1. The maximum atomic E-state index is 8.58. The number of aromatic nitrogens is 1. The quantitative estimate of drug-likeness (QED) is 0.869. The van der Waals surface area contributed by atoms with E-state index in [-0.39, 0.29) is 0 Å². The highest BCUT2D eigenvalue weighted by Crippen LogP contribution is 2.09. The number of nitrogens with one attached hydrogen (secondary N) is 1. The molecule has 0 saturated carbocycles. The lowest BCUT2D eigenvalue weighted by molar-refractivity contribution is 0.961. The lowest BCUT2D eigenvalue weighted by Crippen LogP contribution is -2.05. The Morgan fingerprint density at radius 2 is 1.94 bits per heavy atom. The highest BCUT2D eigenvalue weighted by Gasteiger charge is 1.95. The fourth-order valence-electron chi connectivity index (χ4n) is 1.71. The largest absolute Gasteiger partial charge is 0.385 e. The molecule has 0 aliphatic carbocycles. The van der Waals surface area contributed by atoms with Gasteiger partial charge in [0.2, 0.25) is 0 Å². The van der Waals surface area contributed by atoms with E-state index in [1.807, 2.05) is 48.7 Å². The molecular formula is C15H15N3. The van der Waals surface area contributed by atoms with Crippen LogP contribution in [-0.4, -0.2) is 11.5 Å². The molecule has 3 heteroatoms. The number of nitrogens with zero attached hydrogens (tertiary/aromatic N) is 2. The van der Waals surface area contributed by atoms with Crippen LogP contribution < -0.4 is 5.32 Å². The number of hydrogen-bond acceptors (Lipinski definition) is 3. The zero-order valence-corrected chi connectivity index (χ0v) is 10.1. The van der Waals surface area contributed by atoms with Crippen LogP contribution in [0.2, 0.25) is 0 Å². The standard InChI is InChI=1S/C15H15N3/c16-10-8-13-4-6-15(7-5-13)18-12-9-14-3-1-2-11-17-14/h1-7,11,18H,8-9,12H2. The normalized spacial score (nSPS) is 9.72. The Morgan fingerprint density at radius 1 is 1.11 bits per heavy atom. The molecule has 0 radical (unpaired) electrons. The molecule has 1 heterocycles. The first-order chi connectivity index (χ1) is 8.88. The Morgan fingerprint density at radius 3 is 2.61 bits per heavy atom. The van der Waals surface area contributed by atoms with Gasteiger partial charge in [0, 0.05) is 30.5 Å². The summed E-state index contributed by atoms with van der Waals surface area (Å²) in [5.41, 5.74) is 3.21. The third-order valence-corrected chi connectivity index (χ3v) is 2.67. The van der Waals surface area contributed by atoms with Crippen molar-refractivity contribution in [1.29, 1.82) is 5.26 Å². The summed E-state index contributed by atoms with van der Waals surface area (Å²) in [7, 11) is 0. The van der Waals surface area contributed by atoms with E-state index in [0.717, 1.165) is 29.9 Å². The van der Waals surface area contributed by atoms with Crippen LogP contribution in [-0.2, 0) is 12.8 Å². The van der Waals surface area contributed by atoms with E-state index in [2.05, 4.69) is 16.4 Å². The number of nitriles is 1. The highest BCUT2D eigenvalue weighted by molar-refractivity contribution is 5.45. The van der Waals surface area contributed by atoms with Gasteiger partial charge in [-0.3, -0.25) is 4.98 Å². The molecule has 0 saturated heterocycles. The van der Waals surface area contributed by atoms with Crippen molar-refractivity contribution in [3.8, 4) is 6.07 Å². The van der Waals surface area contributed by atoms with Crippen LogP contribution in [0.1, 0.15) is 11.3 Å². The van der Waals surface area contributed by atoms with Crippen molar-refractivity contribution in [3.63, 3.8) is 0 Å². The first-order valence-electron chi connectivity index (χ1n) is 5.98. The van der Waals surface area contributed by atoms with E-state index >= 15 is 0 Å². The minimum atomic E-state index is 0.466. The topological polar surface area (TPSA) is 48.7 Å². The zero-order chi connectivity index (χ0) is 12.6. The Bertz CT molecular complexity index is 512. The van der Waals surface area contributed by atoms with Gasteiger partial charge in [-0.1, -0.05) is 18.2 Å². The van der Waals surface area contributed by atoms with Crippen molar-refractivity contribution in [1.82, 2.24) is 4.98 Å². The van der Waals surface area contributed by atoms with E-state index in [4.69, 9.17) is 5.26 Å². The summed E-state index contributed by atoms with van der Waals surface area (Å²) in [6.45, 7) is 0.856. The average Bonchev–Trinajstić information content (AvgIpc) is 2.42. The van der Waals surface area contributed by atoms with Crippen LogP contribution in [0.25, 0.3) is 0 Å². The summed E-state index contributed by atoms with van der Waals surface area (Å²) in [5.74, 6) is 0. The number of pyridine rings is 1. The molecule has 1 aromatic heterocycles. The highest BCUT2D eigenvalue weighted by atomic mass is 14.9. The van der Waals surface area contributed by atoms with Gasteiger partial charge >= 0.3 is 0 Å². The van der Waals surface area contributed by atoms with Gasteiger partial charge in [-0.05, 0) is 29.8 Å². The molecule has 3 nitrogen and oxygen atoms in total. The summed E-state index contributed by atoms with van der Waals surface area (Å²) in [6, 6.07) is 16.1. The minimum Gasteiger partial charge on any atom is -0.385 e. The van der Waals surface area contributed by atoms with Gasteiger partial charge in [0.1, 0.15) is 0 Å². The maximum Gasteiger partial charge on any atom is 0.0669 e. The van der Waals surface area contributed by atoms with Gasteiger partial charge in [-0.15, -0.1) is 0 Å². The van der Waals surface area contributed by atoms with E-state index in [1.165, 1.54) is 0 Å². The molecule has 0 spiro atoms. The molecule has 0 bridgehead atoms. The van der Waals surface area contributed by atoms with Gasteiger partial charge in [-0.25, -0.2) is 0 Å². The van der Waals surface area contributed by atoms with Gasteiger partial charge < -0.3 is 5.32 Å². The smallest absolute Gasteiger partial charge is 0.0669 e. The predicted octanol–water partition coefficient (Wildman–Crippen LogP) is 2.80. The number of benzene rings is 1. The second-order valence-electron chi connectivity index (χ2n) is 4.03. The van der Waals surface area contributed by atoms with Crippen LogP contribution in [0, 0.1) is 11.3 Å². The van der Waals surface area contributed by atoms with E-state index < -0.39 is 0 Å². The molecule has 2 rings (SSSR count). The molecule has 2 aromatic rings. The van der Waals surface area contributed by atoms with Crippen molar-refractivity contribution in [3.05, 3.63) is 59.9 Å². The molecule has 18 heavy (non-hydrogen) atoms. The maximum absolute atomic E-state index is 8.58. The third kappa shape index (κ3) is 3.60. The van der Waals surface area contributed by atoms with Crippen LogP contribution in [0.15, 0.2) is 48.7 Å². The second-order valence-corrected chi connectivity index (χ2v) is 4.03. The molecule has 0 fully saturated rings. The average molecular weight is 237 g/mol. The van der Waals surface area contributed by atoms with Crippen molar-refractivity contribution < 1.29 is 0 Å². The molecule has 0 aliphatic rings. The molecule has 0 unspecified atom stereocenters. The van der Waals surface area contributed by atoms with E-state index in [9.17, 15) is 0 Å². The van der Waals surface area contributed by atoms with Crippen molar-refractivity contribution >= 4 is 5.69 Å². The van der Waals surface area contributed by atoms with Gasteiger partial charge in [0.15, 0.2) is 0 Å². The fraction of sp³-hybridized carbons (Fsp3) is 0.200. The Hall–Kier alpha value is -2.34. The third-order valence-electron chi connectivity index (χ3n) is 2.67. The minimum absolute atomic E-state index is 0.466. The van der Waals surface area contributed by atoms with Crippen LogP contribution in [0.3, 0.4) is 0 Å². The molecule has 0 amide bonds. The Labute approximate surface area is 107 Å². The fourth-order valence-corrected chi connectivity index (χ4v) is 1.71. The zero-order valence-electron chi connectivity index (χ0n) is 10.1. The lowest BCUT2D eigenvalue weighted by atomic mass is 10.1. The molecule has 0 atom stereocenters. The van der Waals surface area contributed by atoms with Gasteiger partial charge in [0.25, 0.3) is 0 Å². The summed E-state index contributed by atoms with van der Waals surface area (Å²) in [6.07, 6.45) is 3.18. The second kappa shape index (κ2) is 6.41. The molecule has 1 N–H and O–H groups in total. The Kier molecular flexibility index (Phi) is 4.32. The van der Waals surface area contributed by atoms with Gasteiger partial charge in [-0.2, -0.15) is 5.26 Å². The first kappa shape index (κ1) is 12.1. The summed E-state index contributed by atoms with van der Waals surface area (Å²) in [5, 5.41) is 11.9. The van der Waals surface area contributed by atoms with Crippen molar-refractivity contribution in [2.45, 2.75) is 12.8 Å².